The Labute approximate surface area is 200 Å². The summed E-state index contributed by atoms with van der Waals surface area (Å²) in [6.45, 7) is 2.36. The van der Waals surface area contributed by atoms with Gasteiger partial charge in [-0.15, -0.1) is 0 Å². The van der Waals surface area contributed by atoms with E-state index in [0.717, 1.165) is 16.8 Å². The summed E-state index contributed by atoms with van der Waals surface area (Å²) in [5.41, 5.74) is 3.91. The second-order valence-electron chi connectivity index (χ2n) is 7.95. The predicted molar refractivity (Wildman–Crippen MR) is 126 cm³/mol. The van der Waals surface area contributed by atoms with Gasteiger partial charge in [0.05, 0.1) is 52.7 Å². The van der Waals surface area contributed by atoms with Crippen LogP contribution in [-0.4, -0.2) is 24.9 Å². The number of halogens is 2. The lowest BCUT2D eigenvalue weighted by Crippen LogP contribution is -2.33. The average molecular weight is 476 g/mol. The van der Waals surface area contributed by atoms with Gasteiger partial charge in [0.1, 0.15) is 17.6 Å². The summed E-state index contributed by atoms with van der Waals surface area (Å²) in [5.74, 6) is -0.339. The van der Waals surface area contributed by atoms with Crippen molar-refractivity contribution in [1.29, 1.82) is 5.26 Å². The SMILES string of the molecule is CCOC(=O)c1ccc2c(c1)OC[C@H]1C2=NN(c2ccc(C#N)c(Cl)c2)[C@H]1c1ccc(F)cc1. The van der Waals surface area contributed by atoms with Gasteiger partial charge in [-0.05, 0) is 61.0 Å². The van der Waals surface area contributed by atoms with Gasteiger partial charge in [0.25, 0.3) is 0 Å². The van der Waals surface area contributed by atoms with Crippen LogP contribution in [-0.2, 0) is 4.74 Å². The molecule has 0 bridgehead atoms. The first-order valence-electron chi connectivity index (χ1n) is 10.8. The molecular formula is C26H19ClFN3O3. The Morgan fingerprint density at radius 3 is 2.74 bits per heavy atom. The number of nitriles is 1. The normalized spacial score (nSPS) is 18.3. The number of hydrazone groups is 1. The molecule has 0 spiro atoms. The molecule has 2 atom stereocenters. The van der Waals surface area contributed by atoms with Crippen LogP contribution in [0.25, 0.3) is 0 Å². The maximum atomic E-state index is 13.7. The van der Waals surface area contributed by atoms with E-state index in [4.69, 9.17) is 26.2 Å². The molecule has 3 aromatic carbocycles. The van der Waals surface area contributed by atoms with Gasteiger partial charge in [0.2, 0.25) is 0 Å². The number of fused-ring (bicyclic) bond motifs is 3. The van der Waals surface area contributed by atoms with Gasteiger partial charge in [-0.3, -0.25) is 5.01 Å². The van der Waals surface area contributed by atoms with Crippen LogP contribution in [0.1, 0.15) is 40.0 Å². The quantitative estimate of drug-likeness (QED) is 0.466. The summed E-state index contributed by atoms with van der Waals surface area (Å²) in [4.78, 5) is 12.2. The molecular weight excluding hydrogens is 457 g/mol. The van der Waals surface area contributed by atoms with Crippen molar-refractivity contribution in [2.24, 2.45) is 11.0 Å². The minimum absolute atomic E-state index is 0.152. The minimum Gasteiger partial charge on any atom is -0.492 e. The molecule has 0 N–H and O–H groups in total. The van der Waals surface area contributed by atoms with Crippen LogP contribution in [0.4, 0.5) is 10.1 Å². The summed E-state index contributed by atoms with van der Waals surface area (Å²) in [6, 6.07) is 18.4. The van der Waals surface area contributed by atoms with Crippen molar-refractivity contribution in [2.75, 3.05) is 18.2 Å². The summed E-state index contributed by atoms with van der Waals surface area (Å²) >= 11 is 6.31. The van der Waals surface area contributed by atoms with Gasteiger partial charge in [0.15, 0.2) is 0 Å². The smallest absolute Gasteiger partial charge is 0.338 e. The van der Waals surface area contributed by atoms with Gasteiger partial charge in [-0.1, -0.05) is 23.7 Å². The van der Waals surface area contributed by atoms with E-state index < -0.39 is 5.97 Å². The fraction of sp³-hybridized carbons (Fsp3) is 0.192. The number of rotatable bonds is 4. The monoisotopic (exact) mass is 475 g/mol. The Morgan fingerprint density at radius 1 is 1.24 bits per heavy atom. The largest absolute Gasteiger partial charge is 0.492 e. The van der Waals surface area contributed by atoms with Gasteiger partial charge < -0.3 is 9.47 Å². The van der Waals surface area contributed by atoms with Crippen LogP contribution in [0.15, 0.2) is 65.8 Å². The number of ether oxygens (including phenoxy) is 2. The molecule has 0 aliphatic carbocycles. The highest BCUT2D eigenvalue weighted by Gasteiger charge is 2.43. The minimum atomic E-state index is -0.414. The maximum Gasteiger partial charge on any atom is 0.338 e. The van der Waals surface area contributed by atoms with E-state index in [1.807, 2.05) is 11.1 Å². The van der Waals surface area contributed by atoms with Crippen molar-refractivity contribution < 1.29 is 18.7 Å². The maximum absolute atomic E-state index is 13.7. The number of carbonyl (C=O) groups is 1. The summed E-state index contributed by atoms with van der Waals surface area (Å²) in [6.07, 6.45) is 0. The number of anilines is 1. The van der Waals surface area contributed by atoms with Crippen molar-refractivity contribution in [1.82, 2.24) is 0 Å². The number of hydrogen-bond acceptors (Lipinski definition) is 6. The number of benzene rings is 3. The average Bonchev–Trinajstić information content (AvgIpc) is 3.24. The molecule has 2 aliphatic heterocycles. The Balaban J connectivity index is 1.60. The first-order chi connectivity index (χ1) is 16.5. The van der Waals surface area contributed by atoms with Crippen molar-refractivity contribution in [3.05, 3.63) is 93.8 Å². The Kier molecular flexibility index (Phi) is 5.68. The Bertz CT molecular complexity index is 1350. The van der Waals surface area contributed by atoms with Gasteiger partial charge in [-0.25, -0.2) is 9.18 Å². The Morgan fingerprint density at radius 2 is 2.03 bits per heavy atom. The number of nitrogens with zero attached hydrogens (tertiary/aromatic N) is 3. The number of carbonyl (C=O) groups excluding carboxylic acids is 1. The van der Waals surface area contributed by atoms with E-state index in [0.29, 0.717) is 34.2 Å². The van der Waals surface area contributed by atoms with Crippen molar-refractivity contribution >= 4 is 29.0 Å². The lowest BCUT2D eigenvalue weighted by atomic mass is 9.85. The molecule has 170 valence electrons. The molecule has 8 heteroatoms. The number of esters is 1. The zero-order valence-corrected chi connectivity index (χ0v) is 18.9. The van der Waals surface area contributed by atoms with Crippen LogP contribution in [0.5, 0.6) is 5.75 Å². The van der Waals surface area contributed by atoms with Gasteiger partial charge in [-0.2, -0.15) is 10.4 Å². The molecule has 5 rings (SSSR count). The molecule has 0 saturated heterocycles. The van der Waals surface area contributed by atoms with Crippen LogP contribution in [0.2, 0.25) is 5.02 Å². The lowest BCUT2D eigenvalue weighted by molar-refractivity contribution is 0.0525. The van der Waals surface area contributed by atoms with Crippen LogP contribution >= 0.6 is 11.6 Å². The molecule has 0 unspecified atom stereocenters. The molecule has 2 aliphatic rings. The standard InChI is InChI=1S/C26H19ClFN3O3/c1-2-33-26(32)16-6-10-20-23(11-16)34-14-21-24(20)30-31(19-9-5-17(13-29)22(27)12-19)25(21)15-3-7-18(28)8-4-15/h3-12,21,25H,2,14H2,1H3/t21-,25-/m0/s1. The second kappa shape index (κ2) is 8.81. The third kappa shape index (κ3) is 3.76. The topological polar surface area (TPSA) is 74.9 Å². The van der Waals surface area contributed by atoms with Crippen molar-refractivity contribution in [2.45, 2.75) is 13.0 Å². The Hall–Kier alpha value is -3.89. The molecule has 34 heavy (non-hydrogen) atoms. The van der Waals surface area contributed by atoms with Crippen LogP contribution < -0.4 is 9.75 Å². The van der Waals surface area contributed by atoms with Gasteiger partial charge >= 0.3 is 5.97 Å². The summed E-state index contributed by atoms with van der Waals surface area (Å²) in [5, 5.41) is 16.3. The van der Waals surface area contributed by atoms with Crippen LogP contribution in [0.3, 0.4) is 0 Å². The van der Waals surface area contributed by atoms with Crippen molar-refractivity contribution in [3.8, 4) is 11.8 Å². The lowest BCUT2D eigenvalue weighted by Gasteiger charge is -2.31. The van der Waals surface area contributed by atoms with E-state index in [2.05, 4.69) is 6.07 Å². The fourth-order valence-corrected chi connectivity index (χ4v) is 4.58. The first kappa shape index (κ1) is 21.9. The fourth-order valence-electron chi connectivity index (χ4n) is 4.36. The third-order valence-corrected chi connectivity index (χ3v) is 6.26. The summed E-state index contributed by atoms with van der Waals surface area (Å²) in [7, 11) is 0. The highest BCUT2D eigenvalue weighted by molar-refractivity contribution is 6.32. The molecule has 0 aromatic heterocycles. The predicted octanol–water partition coefficient (Wildman–Crippen LogP) is 5.50. The first-order valence-corrected chi connectivity index (χ1v) is 11.1. The zero-order valence-electron chi connectivity index (χ0n) is 18.2. The molecule has 6 nitrogen and oxygen atoms in total. The molecule has 0 radical (unpaired) electrons. The third-order valence-electron chi connectivity index (χ3n) is 5.95. The van der Waals surface area contributed by atoms with E-state index in [1.165, 1.54) is 12.1 Å². The van der Waals surface area contributed by atoms with E-state index in [9.17, 15) is 14.4 Å². The van der Waals surface area contributed by atoms with E-state index in [-0.39, 0.29) is 24.4 Å². The van der Waals surface area contributed by atoms with E-state index in [1.54, 1.807) is 49.4 Å². The second-order valence-corrected chi connectivity index (χ2v) is 8.36. The van der Waals surface area contributed by atoms with Gasteiger partial charge in [0, 0.05) is 5.56 Å². The highest BCUT2D eigenvalue weighted by Crippen LogP contribution is 2.45. The molecule has 2 heterocycles. The number of hydrogen-bond donors (Lipinski definition) is 0. The van der Waals surface area contributed by atoms with E-state index >= 15 is 0 Å². The highest BCUT2D eigenvalue weighted by atomic mass is 35.5. The summed E-state index contributed by atoms with van der Waals surface area (Å²) < 4.78 is 24.8. The molecule has 0 fully saturated rings. The molecule has 3 aromatic rings. The van der Waals surface area contributed by atoms with Crippen molar-refractivity contribution in [3.63, 3.8) is 0 Å². The molecule has 0 amide bonds. The van der Waals surface area contributed by atoms with Crippen LogP contribution in [0, 0.1) is 23.1 Å². The molecule has 0 saturated carbocycles. The zero-order chi connectivity index (χ0) is 23.8.